The van der Waals surface area contributed by atoms with Gasteiger partial charge in [-0.2, -0.15) is 18.4 Å². The van der Waals surface area contributed by atoms with Crippen LogP contribution in [0.1, 0.15) is 5.56 Å². The third kappa shape index (κ3) is 5.01. The maximum Gasteiger partial charge on any atom is 0.495 e. The molecular formula is C20H11F4N3O5. The summed E-state index contributed by atoms with van der Waals surface area (Å²) in [5, 5.41) is 12.0. The van der Waals surface area contributed by atoms with Crippen molar-refractivity contribution in [2.75, 3.05) is 11.9 Å². The fraction of sp³-hybridized carbons (Fsp3) is 0.100. The monoisotopic (exact) mass is 449 g/mol. The van der Waals surface area contributed by atoms with E-state index in [1.807, 2.05) is 6.07 Å². The van der Waals surface area contributed by atoms with Gasteiger partial charge in [0.1, 0.15) is 35.5 Å². The fourth-order valence-electron chi connectivity index (χ4n) is 2.55. The predicted molar refractivity (Wildman–Crippen MR) is 98.8 cm³/mol. The van der Waals surface area contributed by atoms with Gasteiger partial charge in [-0.1, -0.05) is 18.2 Å². The van der Waals surface area contributed by atoms with Gasteiger partial charge in [0.05, 0.1) is 6.26 Å². The number of hydrogen-bond donors (Lipinski definition) is 1. The van der Waals surface area contributed by atoms with Crippen LogP contribution in [0.2, 0.25) is 0 Å². The lowest BCUT2D eigenvalue weighted by Gasteiger charge is -2.13. The molecule has 1 N–H and O–H groups in total. The zero-order chi connectivity index (χ0) is 23.3. The molecule has 32 heavy (non-hydrogen) atoms. The van der Waals surface area contributed by atoms with Crippen molar-refractivity contribution in [2.24, 2.45) is 0 Å². The van der Waals surface area contributed by atoms with Crippen LogP contribution in [0.15, 0.2) is 53.1 Å². The zero-order valence-electron chi connectivity index (χ0n) is 15.8. The Kier molecular flexibility index (Phi) is 6.39. The van der Waals surface area contributed by atoms with Crippen LogP contribution in [-0.4, -0.2) is 29.6 Å². The summed E-state index contributed by atoms with van der Waals surface area (Å²) in [6, 6.07) is 12.0. The number of nitrogens with one attached hydrogen (secondary N) is 1. The van der Waals surface area contributed by atoms with Gasteiger partial charge in [-0.3, -0.25) is 0 Å². The topological polar surface area (TPSA) is 114 Å². The van der Waals surface area contributed by atoms with Crippen molar-refractivity contribution in [1.29, 1.82) is 5.26 Å². The first kappa shape index (κ1) is 22.3. The summed E-state index contributed by atoms with van der Waals surface area (Å²) in [7, 11) is 0. The van der Waals surface area contributed by atoms with Crippen molar-refractivity contribution >= 4 is 17.8 Å². The van der Waals surface area contributed by atoms with E-state index in [1.54, 1.807) is 18.2 Å². The van der Waals surface area contributed by atoms with E-state index in [-0.39, 0.29) is 34.0 Å². The molecule has 0 aliphatic heterocycles. The van der Waals surface area contributed by atoms with E-state index in [2.05, 4.69) is 20.1 Å². The number of benzene rings is 1. The highest BCUT2D eigenvalue weighted by Crippen LogP contribution is 2.33. The Hall–Kier alpha value is -4.40. The van der Waals surface area contributed by atoms with E-state index in [1.165, 1.54) is 30.5 Å². The van der Waals surface area contributed by atoms with Crippen LogP contribution in [0.5, 0.6) is 0 Å². The highest BCUT2D eigenvalue weighted by atomic mass is 19.4. The molecule has 0 saturated heterocycles. The number of furan rings is 1. The SMILES string of the molecule is N#Cc1c(-c2ccccc2F)cc(-c2ccco2)nc1NCC(=O)OOC(=O)C(F)(F)F. The van der Waals surface area contributed by atoms with Gasteiger partial charge >= 0.3 is 18.1 Å². The largest absolute Gasteiger partial charge is 0.495 e. The highest BCUT2D eigenvalue weighted by molar-refractivity contribution is 5.82. The van der Waals surface area contributed by atoms with Gasteiger partial charge < -0.3 is 9.73 Å². The summed E-state index contributed by atoms with van der Waals surface area (Å²) in [6.07, 6.45) is -3.99. The number of aromatic nitrogens is 1. The molecule has 0 bridgehead atoms. The summed E-state index contributed by atoms with van der Waals surface area (Å²) in [6.45, 7) is -0.828. The Morgan fingerprint density at radius 3 is 2.50 bits per heavy atom. The molecule has 2 aromatic heterocycles. The number of nitrogens with zero attached hydrogens (tertiary/aromatic N) is 2. The van der Waals surface area contributed by atoms with E-state index in [9.17, 15) is 32.4 Å². The first-order valence-electron chi connectivity index (χ1n) is 8.67. The number of carbonyl (C=O) groups excluding carboxylic acids is 2. The zero-order valence-corrected chi connectivity index (χ0v) is 15.8. The normalized spacial score (nSPS) is 10.8. The van der Waals surface area contributed by atoms with Crippen molar-refractivity contribution in [3.8, 4) is 28.7 Å². The van der Waals surface area contributed by atoms with Crippen LogP contribution < -0.4 is 5.32 Å². The molecule has 2 heterocycles. The number of hydrogen-bond acceptors (Lipinski definition) is 8. The minimum atomic E-state index is -5.35. The van der Waals surface area contributed by atoms with Crippen molar-refractivity contribution in [2.45, 2.75) is 6.18 Å². The molecule has 0 unspecified atom stereocenters. The molecule has 0 atom stereocenters. The summed E-state index contributed by atoms with van der Waals surface area (Å²) in [5.41, 5.74) is 0.187. The van der Waals surface area contributed by atoms with Crippen LogP contribution in [0, 0.1) is 17.1 Å². The molecule has 0 fully saturated rings. The van der Waals surface area contributed by atoms with E-state index in [0.717, 1.165) is 0 Å². The lowest BCUT2D eigenvalue weighted by molar-refractivity contribution is -0.284. The van der Waals surface area contributed by atoms with Gasteiger partial charge in [0, 0.05) is 11.1 Å². The molecule has 0 spiro atoms. The maximum absolute atomic E-state index is 14.4. The molecule has 3 rings (SSSR count). The van der Waals surface area contributed by atoms with Crippen molar-refractivity contribution in [3.05, 3.63) is 60.1 Å². The molecule has 8 nitrogen and oxygen atoms in total. The molecule has 0 radical (unpaired) electrons. The lowest BCUT2D eigenvalue weighted by Crippen LogP contribution is -2.28. The number of pyridine rings is 1. The van der Waals surface area contributed by atoms with Gasteiger partial charge in [0.2, 0.25) is 0 Å². The lowest BCUT2D eigenvalue weighted by atomic mass is 9.99. The average molecular weight is 449 g/mol. The van der Waals surface area contributed by atoms with E-state index < -0.39 is 30.5 Å². The molecule has 0 saturated carbocycles. The quantitative estimate of drug-likeness (QED) is 0.353. The molecule has 0 aliphatic carbocycles. The third-order valence-corrected chi connectivity index (χ3v) is 3.91. The molecule has 3 aromatic rings. The predicted octanol–water partition coefficient (Wildman–Crippen LogP) is 3.99. The first-order valence-corrected chi connectivity index (χ1v) is 8.67. The number of carbonyl (C=O) groups is 2. The van der Waals surface area contributed by atoms with Gasteiger partial charge in [-0.15, -0.1) is 0 Å². The summed E-state index contributed by atoms with van der Waals surface area (Å²) in [5.74, 6) is -4.71. The van der Waals surface area contributed by atoms with Gasteiger partial charge in [-0.05, 0) is 24.3 Å². The van der Waals surface area contributed by atoms with E-state index in [0.29, 0.717) is 0 Å². The van der Waals surface area contributed by atoms with Crippen LogP contribution in [-0.2, 0) is 19.4 Å². The number of rotatable bonds is 5. The van der Waals surface area contributed by atoms with Crippen LogP contribution in [0.25, 0.3) is 22.6 Å². The average Bonchev–Trinajstić information content (AvgIpc) is 3.30. The minimum absolute atomic E-state index is 0.0592. The summed E-state index contributed by atoms with van der Waals surface area (Å²) < 4.78 is 56.0. The molecular weight excluding hydrogens is 438 g/mol. The van der Waals surface area contributed by atoms with Crippen LogP contribution in [0.4, 0.5) is 23.4 Å². The number of anilines is 1. The molecule has 0 amide bonds. The standard InChI is InChI=1S/C20H11F4N3O5/c21-14-5-2-1-4-11(14)12-8-15(16-6-3-7-30-16)27-18(13(12)9-25)26-10-17(28)31-32-19(29)20(22,23)24/h1-8H,10H2,(H,26,27). The van der Waals surface area contributed by atoms with Crippen molar-refractivity contribution in [1.82, 2.24) is 4.98 Å². The van der Waals surface area contributed by atoms with Crippen LogP contribution >= 0.6 is 0 Å². The third-order valence-electron chi connectivity index (χ3n) is 3.91. The van der Waals surface area contributed by atoms with Gasteiger partial charge in [0.25, 0.3) is 0 Å². The second-order valence-corrected chi connectivity index (χ2v) is 6.03. The van der Waals surface area contributed by atoms with E-state index >= 15 is 0 Å². The smallest absolute Gasteiger partial charge is 0.463 e. The summed E-state index contributed by atoms with van der Waals surface area (Å²) in [4.78, 5) is 33.6. The summed E-state index contributed by atoms with van der Waals surface area (Å²) >= 11 is 0. The minimum Gasteiger partial charge on any atom is -0.463 e. The van der Waals surface area contributed by atoms with Crippen LogP contribution in [0.3, 0.4) is 0 Å². The Bertz CT molecular complexity index is 1190. The molecule has 0 aliphatic rings. The van der Waals surface area contributed by atoms with Gasteiger partial charge in [-0.25, -0.2) is 28.7 Å². The maximum atomic E-state index is 14.4. The van der Waals surface area contributed by atoms with E-state index in [4.69, 9.17) is 4.42 Å². The molecule has 1 aromatic carbocycles. The molecule has 12 heteroatoms. The van der Waals surface area contributed by atoms with Crippen molar-refractivity contribution < 1.29 is 41.3 Å². The fourth-order valence-corrected chi connectivity index (χ4v) is 2.55. The molecule has 164 valence electrons. The Morgan fingerprint density at radius 1 is 1.12 bits per heavy atom. The number of alkyl halides is 3. The second kappa shape index (κ2) is 9.17. The highest BCUT2D eigenvalue weighted by Gasteiger charge is 2.43. The Balaban J connectivity index is 1.91. The second-order valence-electron chi connectivity index (χ2n) is 6.03. The Morgan fingerprint density at radius 2 is 1.88 bits per heavy atom. The first-order chi connectivity index (χ1) is 15.2. The van der Waals surface area contributed by atoms with Crippen molar-refractivity contribution in [3.63, 3.8) is 0 Å². The van der Waals surface area contributed by atoms with Gasteiger partial charge in [0.15, 0.2) is 5.76 Å². The number of nitriles is 1. The number of halogens is 4. The Labute approximate surface area is 176 Å².